The summed E-state index contributed by atoms with van der Waals surface area (Å²) in [6.07, 6.45) is 3.20. The fourth-order valence-corrected chi connectivity index (χ4v) is 2.83. The van der Waals surface area contributed by atoms with E-state index in [1.54, 1.807) is 0 Å². The third-order valence-corrected chi connectivity index (χ3v) is 4.13. The molecular formula is C14H19Cl2NO. The van der Waals surface area contributed by atoms with Crippen LogP contribution in [0.15, 0.2) is 18.2 Å². The molecule has 1 aliphatic rings. The zero-order chi connectivity index (χ0) is 13.0. The second-order valence-electron chi connectivity index (χ2n) is 4.89. The monoisotopic (exact) mass is 287 g/mol. The van der Waals surface area contributed by atoms with Gasteiger partial charge in [0.15, 0.2) is 0 Å². The highest BCUT2D eigenvalue weighted by Gasteiger charge is 2.20. The Labute approximate surface area is 119 Å². The van der Waals surface area contributed by atoms with Crippen LogP contribution < -0.4 is 5.32 Å². The Kier molecular flexibility index (Phi) is 5.31. The van der Waals surface area contributed by atoms with E-state index in [2.05, 4.69) is 5.32 Å². The number of halogens is 2. The van der Waals surface area contributed by atoms with E-state index in [9.17, 15) is 0 Å². The lowest BCUT2D eigenvalue weighted by atomic mass is 9.94. The molecule has 18 heavy (non-hydrogen) atoms. The number of ether oxygens (including phenoxy) is 1. The Hall–Kier alpha value is -0.280. The summed E-state index contributed by atoms with van der Waals surface area (Å²) in [4.78, 5) is 0. The highest BCUT2D eigenvalue weighted by molar-refractivity contribution is 6.33. The predicted octanol–water partition coefficient (Wildman–Crippen LogP) is 3.55. The Morgan fingerprint density at radius 3 is 2.94 bits per heavy atom. The van der Waals surface area contributed by atoms with Gasteiger partial charge in [0.05, 0.1) is 0 Å². The number of likely N-dealkylation sites (N-methyl/N-ethyl adjacent to an activating group) is 1. The van der Waals surface area contributed by atoms with Crippen LogP contribution in [0.1, 0.15) is 18.4 Å². The van der Waals surface area contributed by atoms with Gasteiger partial charge < -0.3 is 10.1 Å². The number of hydrogen-bond acceptors (Lipinski definition) is 2. The quantitative estimate of drug-likeness (QED) is 0.894. The summed E-state index contributed by atoms with van der Waals surface area (Å²) in [6.45, 7) is 1.79. The van der Waals surface area contributed by atoms with Crippen LogP contribution in [0.5, 0.6) is 0 Å². The molecule has 1 fully saturated rings. The van der Waals surface area contributed by atoms with Crippen molar-refractivity contribution < 1.29 is 4.74 Å². The molecule has 4 heteroatoms. The summed E-state index contributed by atoms with van der Waals surface area (Å²) >= 11 is 12.2. The van der Waals surface area contributed by atoms with E-state index in [-0.39, 0.29) is 0 Å². The molecule has 0 aliphatic carbocycles. The summed E-state index contributed by atoms with van der Waals surface area (Å²) < 4.78 is 5.42. The molecule has 0 radical (unpaired) electrons. The molecule has 1 heterocycles. The van der Waals surface area contributed by atoms with Crippen LogP contribution in [-0.2, 0) is 11.2 Å². The maximum atomic E-state index is 6.20. The van der Waals surface area contributed by atoms with Crippen molar-refractivity contribution in [1.29, 1.82) is 0 Å². The van der Waals surface area contributed by atoms with Gasteiger partial charge >= 0.3 is 0 Å². The molecule has 0 amide bonds. The van der Waals surface area contributed by atoms with Gasteiger partial charge in [-0.2, -0.15) is 0 Å². The van der Waals surface area contributed by atoms with Crippen LogP contribution in [0.25, 0.3) is 0 Å². The SMILES string of the molecule is CNC(Cc1cc(Cl)ccc1Cl)CC1CCOC1. The highest BCUT2D eigenvalue weighted by Crippen LogP contribution is 2.25. The summed E-state index contributed by atoms with van der Waals surface area (Å²) in [5, 5.41) is 4.90. The first-order chi connectivity index (χ1) is 8.69. The average molecular weight is 288 g/mol. The molecule has 0 spiro atoms. The molecule has 2 atom stereocenters. The average Bonchev–Trinajstić information content (AvgIpc) is 2.85. The smallest absolute Gasteiger partial charge is 0.0495 e. The largest absolute Gasteiger partial charge is 0.381 e. The van der Waals surface area contributed by atoms with Crippen molar-refractivity contribution in [3.63, 3.8) is 0 Å². The summed E-state index contributed by atoms with van der Waals surface area (Å²) in [6, 6.07) is 6.07. The third-order valence-electron chi connectivity index (χ3n) is 3.52. The maximum absolute atomic E-state index is 6.20. The minimum Gasteiger partial charge on any atom is -0.381 e. The first-order valence-corrected chi connectivity index (χ1v) is 7.13. The summed E-state index contributed by atoms with van der Waals surface area (Å²) in [5.41, 5.74) is 1.11. The number of rotatable bonds is 5. The normalized spacial score (nSPS) is 21.2. The van der Waals surface area contributed by atoms with Gasteiger partial charge in [0, 0.05) is 29.3 Å². The molecule has 0 bridgehead atoms. The lowest BCUT2D eigenvalue weighted by molar-refractivity contribution is 0.181. The van der Waals surface area contributed by atoms with Gasteiger partial charge in [-0.1, -0.05) is 23.2 Å². The van der Waals surface area contributed by atoms with Crippen LogP contribution in [-0.4, -0.2) is 26.3 Å². The van der Waals surface area contributed by atoms with E-state index in [0.717, 1.165) is 41.7 Å². The second-order valence-corrected chi connectivity index (χ2v) is 5.73. The Morgan fingerprint density at radius 2 is 2.28 bits per heavy atom. The first kappa shape index (κ1) is 14.1. The third kappa shape index (κ3) is 3.86. The summed E-state index contributed by atoms with van der Waals surface area (Å²) in [7, 11) is 2.00. The number of benzene rings is 1. The van der Waals surface area contributed by atoms with Crippen molar-refractivity contribution in [3.05, 3.63) is 33.8 Å². The van der Waals surface area contributed by atoms with Gasteiger partial charge in [0.25, 0.3) is 0 Å². The van der Waals surface area contributed by atoms with Gasteiger partial charge in [-0.15, -0.1) is 0 Å². The van der Waals surface area contributed by atoms with Gasteiger partial charge in [-0.25, -0.2) is 0 Å². The lowest BCUT2D eigenvalue weighted by Crippen LogP contribution is -2.30. The van der Waals surface area contributed by atoms with Crippen LogP contribution in [0, 0.1) is 5.92 Å². The molecule has 100 valence electrons. The highest BCUT2D eigenvalue weighted by atomic mass is 35.5. The van der Waals surface area contributed by atoms with Crippen molar-refractivity contribution in [1.82, 2.24) is 5.32 Å². The van der Waals surface area contributed by atoms with E-state index >= 15 is 0 Å². The molecule has 1 aromatic carbocycles. The lowest BCUT2D eigenvalue weighted by Gasteiger charge is -2.20. The van der Waals surface area contributed by atoms with Crippen LogP contribution in [0.4, 0.5) is 0 Å². The van der Waals surface area contributed by atoms with E-state index in [1.165, 1.54) is 6.42 Å². The predicted molar refractivity (Wildman–Crippen MR) is 76.6 cm³/mol. The van der Waals surface area contributed by atoms with Crippen LogP contribution >= 0.6 is 23.2 Å². The first-order valence-electron chi connectivity index (χ1n) is 6.38. The molecule has 2 unspecified atom stereocenters. The zero-order valence-electron chi connectivity index (χ0n) is 10.6. The van der Waals surface area contributed by atoms with Gasteiger partial charge in [-0.3, -0.25) is 0 Å². The molecule has 1 aromatic rings. The minimum atomic E-state index is 0.424. The topological polar surface area (TPSA) is 21.3 Å². The minimum absolute atomic E-state index is 0.424. The van der Waals surface area contributed by atoms with Gasteiger partial charge in [0.1, 0.15) is 0 Å². The molecular weight excluding hydrogens is 269 g/mol. The van der Waals surface area contributed by atoms with Crippen LogP contribution in [0.3, 0.4) is 0 Å². The maximum Gasteiger partial charge on any atom is 0.0495 e. The van der Waals surface area contributed by atoms with E-state index in [0.29, 0.717) is 12.0 Å². The standard InChI is InChI=1S/C14H19Cl2NO/c1-17-13(6-10-4-5-18-9-10)8-11-7-12(15)2-3-14(11)16/h2-3,7,10,13,17H,4-6,8-9H2,1H3. The summed E-state index contributed by atoms with van der Waals surface area (Å²) in [5.74, 6) is 0.667. The van der Waals surface area contributed by atoms with Crippen molar-refractivity contribution in [2.45, 2.75) is 25.3 Å². The van der Waals surface area contributed by atoms with E-state index in [1.807, 2.05) is 25.2 Å². The molecule has 1 N–H and O–H groups in total. The van der Waals surface area contributed by atoms with Crippen molar-refractivity contribution in [3.8, 4) is 0 Å². The molecule has 0 saturated carbocycles. The van der Waals surface area contributed by atoms with Gasteiger partial charge in [-0.05, 0) is 56.0 Å². The number of nitrogens with one attached hydrogen (secondary N) is 1. The van der Waals surface area contributed by atoms with Crippen molar-refractivity contribution in [2.24, 2.45) is 5.92 Å². The molecule has 1 aliphatic heterocycles. The Balaban J connectivity index is 1.98. The molecule has 2 nitrogen and oxygen atoms in total. The van der Waals surface area contributed by atoms with Gasteiger partial charge in [0.2, 0.25) is 0 Å². The van der Waals surface area contributed by atoms with Crippen molar-refractivity contribution >= 4 is 23.2 Å². The molecule has 0 aromatic heterocycles. The van der Waals surface area contributed by atoms with E-state index in [4.69, 9.17) is 27.9 Å². The molecule has 1 saturated heterocycles. The Morgan fingerprint density at radius 1 is 1.44 bits per heavy atom. The fraction of sp³-hybridized carbons (Fsp3) is 0.571. The number of hydrogen-bond donors (Lipinski definition) is 1. The van der Waals surface area contributed by atoms with E-state index < -0.39 is 0 Å². The Bertz CT molecular complexity index is 391. The molecule has 2 rings (SSSR count). The second kappa shape index (κ2) is 6.76. The zero-order valence-corrected chi connectivity index (χ0v) is 12.1. The van der Waals surface area contributed by atoms with Crippen LogP contribution in [0.2, 0.25) is 10.0 Å². The fourth-order valence-electron chi connectivity index (χ4n) is 2.44. The van der Waals surface area contributed by atoms with Crippen molar-refractivity contribution in [2.75, 3.05) is 20.3 Å².